The minimum atomic E-state index is -0.191. The van der Waals surface area contributed by atoms with Crippen LogP contribution in [0.4, 0.5) is 4.39 Å². The van der Waals surface area contributed by atoms with Crippen molar-refractivity contribution in [3.63, 3.8) is 0 Å². The summed E-state index contributed by atoms with van der Waals surface area (Å²) in [5, 5.41) is 0. The van der Waals surface area contributed by atoms with Crippen molar-refractivity contribution >= 4 is 15.4 Å². The molecule has 0 aliphatic heterocycles. The molecule has 0 spiro atoms. The highest BCUT2D eigenvalue weighted by Crippen LogP contribution is 2.08. The summed E-state index contributed by atoms with van der Waals surface area (Å²) in [5.41, 5.74) is 0. The number of hydrogen-bond acceptors (Lipinski definition) is 3. The van der Waals surface area contributed by atoms with Gasteiger partial charge >= 0.3 is 5.97 Å². The molecule has 108 valence electrons. The molecular weight excluding hydrogens is 254 g/mol. The van der Waals surface area contributed by atoms with E-state index in [0.717, 1.165) is 25.7 Å². The third kappa shape index (κ3) is 13.9. The maximum absolute atomic E-state index is 11.8. The van der Waals surface area contributed by atoms with Gasteiger partial charge < -0.3 is 9.26 Å². The Bertz CT molecular complexity index is 191. The topological polar surface area (TPSA) is 35.5 Å². The van der Waals surface area contributed by atoms with Crippen molar-refractivity contribution in [2.75, 3.05) is 19.9 Å². The molecule has 18 heavy (non-hydrogen) atoms. The van der Waals surface area contributed by atoms with Crippen molar-refractivity contribution in [1.82, 2.24) is 0 Å². The summed E-state index contributed by atoms with van der Waals surface area (Å²) in [5.74, 6) is -0.191. The van der Waals surface area contributed by atoms with Crippen LogP contribution in [0.2, 0.25) is 0 Å². The lowest BCUT2D eigenvalue weighted by atomic mass is 10.1. The lowest BCUT2D eigenvalue weighted by molar-refractivity contribution is -0.144. The van der Waals surface area contributed by atoms with Gasteiger partial charge in [0.2, 0.25) is 0 Å². The Morgan fingerprint density at radius 3 is 2.00 bits per heavy atom. The van der Waals surface area contributed by atoms with E-state index in [2.05, 4.69) is 9.47 Å². The number of ether oxygens (including phenoxy) is 1. The van der Waals surface area contributed by atoms with E-state index in [4.69, 9.17) is 9.26 Å². The second-order valence-corrected chi connectivity index (χ2v) is 4.69. The predicted octanol–water partition coefficient (Wildman–Crippen LogP) is 3.82. The van der Waals surface area contributed by atoms with Crippen LogP contribution in [0.25, 0.3) is 0 Å². The summed E-state index contributed by atoms with van der Waals surface area (Å²) in [4.78, 5) is 11.1. The van der Waals surface area contributed by atoms with Crippen molar-refractivity contribution in [3.05, 3.63) is 0 Å². The zero-order valence-electron chi connectivity index (χ0n) is 11.2. The maximum Gasteiger partial charge on any atom is 0.308 e. The zero-order valence-corrected chi connectivity index (χ0v) is 12.3. The molecule has 0 aromatic rings. The molecule has 0 aromatic carbocycles. The van der Waals surface area contributed by atoms with Gasteiger partial charge in [0, 0.05) is 9.47 Å². The summed E-state index contributed by atoms with van der Waals surface area (Å²) >= 11 is 0. The average molecular weight is 280 g/mol. The van der Waals surface area contributed by atoms with E-state index < -0.39 is 0 Å². The first-order valence-corrected chi connectivity index (χ1v) is 7.31. The molecule has 5 heteroatoms. The monoisotopic (exact) mass is 280 g/mol. The molecule has 3 nitrogen and oxygen atoms in total. The van der Waals surface area contributed by atoms with Gasteiger partial charge in [-0.2, -0.15) is 0 Å². The third-order valence-corrected chi connectivity index (χ3v) is 2.95. The summed E-state index contributed by atoms with van der Waals surface area (Å²) < 4.78 is 21.5. The molecule has 1 unspecified atom stereocenters. The molecule has 0 saturated heterocycles. The molecule has 0 heterocycles. The van der Waals surface area contributed by atoms with E-state index in [9.17, 15) is 9.18 Å². The molecule has 0 aromatic heterocycles. The molecule has 0 aliphatic carbocycles. The molecule has 0 saturated carbocycles. The molecular formula is C13H26FO3P. The Kier molecular flexibility index (Phi) is 14.7. The summed E-state index contributed by atoms with van der Waals surface area (Å²) in [6.45, 7) is 0.715. The molecule has 0 aliphatic rings. The molecule has 0 amide bonds. The van der Waals surface area contributed by atoms with E-state index in [-0.39, 0.29) is 12.6 Å². The first-order valence-electron chi connectivity index (χ1n) is 6.84. The van der Waals surface area contributed by atoms with Crippen molar-refractivity contribution < 1.29 is 18.4 Å². The van der Waals surface area contributed by atoms with Crippen LogP contribution in [-0.2, 0) is 14.1 Å². The second kappa shape index (κ2) is 14.8. The Balaban J connectivity index is 3.04. The largest absolute Gasteiger partial charge is 0.466 e. The lowest BCUT2D eigenvalue weighted by Crippen LogP contribution is -2.07. The van der Waals surface area contributed by atoms with Crippen LogP contribution in [0.15, 0.2) is 0 Å². The summed E-state index contributed by atoms with van der Waals surface area (Å²) in [6.07, 6.45) is 8.73. The van der Waals surface area contributed by atoms with Gasteiger partial charge in [-0.05, 0) is 12.8 Å². The first kappa shape index (κ1) is 17.8. The molecule has 0 N–H and O–H groups in total. The van der Waals surface area contributed by atoms with Crippen molar-refractivity contribution in [3.8, 4) is 0 Å². The highest BCUT2D eigenvalue weighted by molar-refractivity contribution is 7.09. The van der Waals surface area contributed by atoms with E-state index in [1.165, 1.54) is 19.3 Å². The minimum absolute atomic E-state index is 0.187. The number of esters is 1. The standard InChI is InChI=1S/C13H26FO3P/c14-10-7-5-3-1-2-4-6-8-11-16-13(15)9-12-17-18/h1-12,18H2. The predicted molar refractivity (Wildman–Crippen MR) is 74.1 cm³/mol. The van der Waals surface area contributed by atoms with Crippen LogP contribution in [0, 0.1) is 0 Å². The van der Waals surface area contributed by atoms with Crippen LogP contribution < -0.4 is 0 Å². The molecule has 0 fully saturated rings. The van der Waals surface area contributed by atoms with Crippen molar-refractivity contribution in [2.24, 2.45) is 0 Å². The molecule has 0 bridgehead atoms. The Hall–Kier alpha value is -0.210. The molecule has 0 radical (unpaired) electrons. The number of alkyl halides is 1. The van der Waals surface area contributed by atoms with Crippen molar-refractivity contribution in [2.45, 2.75) is 57.8 Å². The normalized spacial score (nSPS) is 10.6. The lowest BCUT2D eigenvalue weighted by Gasteiger charge is -2.04. The third-order valence-electron chi connectivity index (χ3n) is 2.72. The SMILES string of the molecule is O=C(CCOP)OCCCCCCCCCCF. The smallest absolute Gasteiger partial charge is 0.308 e. The maximum atomic E-state index is 11.8. The van der Waals surface area contributed by atoms with E-state index in [1.54, 1.807) is 0 Å². The summed E-state index contributed by atoms with van der Waals surface area (Å²) in [7, 11) is 2.11. The average Bonchev–Trinajstić information content (AvgIpc) is 2.38. The minimum Gasteiger partial charge on any atom is -0.466 e. The van der Waals surface area contributed by atoms with E-state index in [0.29, 0.717) is 26.1 Å². The van der Waals surface area contributed by atoms with Crippen LogP contribution in [-0.4, -0.2) is 25.9 Å². The number of halogens is 1. The Morgan fingerprint density at radius 2 is 1.44 bits per heavy atom. The summed E-state index contributed by atoms with van der Waals surface area (Å²) in [6, 6.07) is 0. The Morgan fingerprint density at radius 1 is 0.889 bits per heavy atom. The van der Waals surface area contributed by atoms with Crippen molar-refractivity contribution in [1.29, 1.82) is 0 Å². The van der Waals surface area contributed by atoms with E-state index in [1.807, 2.05) is 0 Å². The van der Waals surface area contributed by atoms with E-state index >= 15 is 0 Å². The number of carbonyl (C=O) groups is 1. The number of carbonyl (C=O) groups excluding carboxylic acids is 1. The van der Waals surface area contributed by atoms with Gasteiger partial charge in [-0.25, -0.2) is 0 Å². The number of rotatable bonds is 13. The van der Waals surface area contributed by atoms with Gasteiger partial charge in [0.15, 0.2) is 0 Å². The molecule has 1 atom stereocenters. The molecule has 0 rings (SSSR count). The van der Waals surface area contributed by atoms with Crippen LogP contribution in [0.5, 0.6) is 0 Å². The highest BCUT2D eigenvalue weighted by Gasteiger charge is 2.01. The van der Waals surface area contributed by atoms with Gasteiger partial charge in [-0.15, -0.1) is 0 Å². The fourth-order valence-electron chi connectivity index (χ4n) is 1.66. The highest BCUT2D eigenvalue weighted by atomic mass is 31.0. The van der Waals surface area contributed by atoms with Gasteiger partial charge in [0.1, 0.15) is 0 Å². The van der Waals surface area contributed by atoms with Gasteiger partial charge in [0.05, 0.1) is 26.3 Å². The van der Waals surface area contributed by atoms with Gasteiger partial charge in [0.25, 0.3) is 0 Å². The van der Waals surface area contributed by atoms with Crippen LogP contribution >= 0.6 is 9.47 Å². The fraction of sp³-hybridized carbons (Fsp3) is 0.923. The van der Waals surface area contributed by atoms with Gasteiger partial charge in [-0.3, -0.25) is 9.18 Å². The number of hydrogen-bond donors (Lipinski definition) is 0. The van der Waals surface area contributed by atoms with Crippen LogP contribution in [0.1, 0.15) is 57.8 Å². The van der Waals surface area contributed by atoms with Gasteiger partial charge in [-0.1, -0.05) is 38.5 Å². The quantitative estimate of drug-likeness (QED) is 0.292. The second-order valence-electron chi connectivity index (χ2n) is 4.36. The zero-order chi connectivity index (χ0) is 13.5. The first-order chi connectivity index (χ1) is 8.81. The fourth-order valence-corrected chi connectivity index (χ4v) is 1.78. The number of unbranched alkanes of at least 4 members (excludes halogenated alkanes) is 7. The van der Waals surface area contributed by atoms with Crippen LogP contribution in [0.3, 0.4) is 0 Å². The Labute approximate surface area is 112 Å².